The lowest BCUT2D eigenvalue weighted by Crippen LogP contribution is -2.12. The molecule has 0 aliphatic carbocycles. The zero-order chi connectivity index (χ0) is 17.7. The Kier molecular flexibility index (Phi) is 5.41. The van der Waals surface area contributed by atoms with Crippen molar-refractivity contribution in [1.29, 1.82) is 0 Å². The van der Waals surface area contributed by atoms with E-state index in [1.54, 1.807) is 24.3 Å². The fourth-order valence-corrected chi connectivity index (χ4v) is 3.14. The van der Waals surface area contributed by atoms with Gasteiger partial charge < -0.3 is 8.92 Å². The normalized spacial score (nSPS) is 10.9. The molecule has 0 aliphatic heterocycles. The van der Waals surface area contributed by atoms with E-state index in [0.29, 0.717) is 23.8 Å². The Morgan fingerprint density at radius 1 is 1.17 bits per heavy atom. The SMILES string of the molecule is C=CCc1cc(C=O)cc(OC)c1OS(=O)(=O)c1ccc(C)cc1. The summed E-state index contributed by atoms with van der Waals surface area (Å²) in [4.78, 5) is 11.1. The maximum absolute atomic E-state index is 12.5. The molecule has 2 rings (SSSR count). The third-order valence-corrected chi connectivity index (χ3v) is 4.61. The smallest absolute Gasteiger partial charge is 0.339 e. The molecule has 0 aliphatic rings. The Labute approximate surface area is 141 Å². The molecule has 0 amide bonds. The summed E-state index contributed by atoms with van der Waals surface area (Å²) in [6.45, 7) is 5.50. The van der Waals surface area contributed by atoms with Crippen LogP contribution in [0.4, 0.5) is 0 Å². The summed E-state index contributed by atoms with van der Waals surface area (Å²) in [6, 6.07) is 9.31. The van der Waals surface area contributed by atoms with E-state index >= 15 is 0 Å². The van der Waals surface area contributed by atoms with E-state index in [2.05, 4.69) is 6.58 Å². The standard InChI is InChI=1S/C18H18O5S/c1-4-5-15-10-14(12-19)11-17(22-3)18(15)23-24(20,21)16-8-6-13(2)7-9-16/h4,6-12H,1,5H2,2-3H3. The van der Waals surface area contributed by atoms with Crippen LogP contribution in [0.25, 0.3) is 0 Å². The maximum atomic E-state index is 12.5. The van der Waals surface area contributed by atoms with Gasteiger partial charge in [-0.1, -0.05) is 23.8 Å². The maximum Gasteiger partial charge on any atom is 0.339 e. The number of hydrogen-bond acceptors (Lipinski definition) is 5. The third-order valence-electron chi connectivity index (χ3n) is 3.38. The molecule has 0 radical (unpaired) electrons. The van der Waals surface area contributed by atoms with Crippen LogP contribution >= 0.6 is 0 Å². The van der Waals surface area contributed by atoms with E-state index in [9.17, 15) is 13.2 Å². The van der Waals surface area contributed by atoms with E-state index in [-0.39, 0.29) is 16.4 Å². The van der Waals surface area contributed by atoms with Crippen LogP contribution in [0.5, 0.6) is 11.5 Å². The van der Waals surface area contributed by atoms with Crippen molar-refractivity contribution < 1.29 is 22.1 Å². The lowest BCUT2D eigenvalue weighted by Gasteiger charge is -2.15. The monoisotopic (exact) mass is 346 g/mol. The summed E-state index contributed by atoms with van der Waals surface area (Å²) in [5.74, 6) is 0.232. The second-order valence-electron chi connectivity index (χ2n) is 5.17. The molecule has 0 spiro atoms. The number of rotatable bonds is 7. The van der Waals surface area contributed by atoms with Gasteiger partial charge in [0, 0.05) is 11.1 Å². The van der Waals surface area contributed by atoms with Crippen molar-refractivity contribution in [3.8, 4) is 11.5 Å². The van der Waals surface area contributed by atoms with Gasteiger partial charge in [0.05, 0.1) is 7.11 Å². The molecule has 0 bridgehead atoms. The minimum absolute atomic E-state index is 0.0409. The highest BCUT2D eigenvalue weighted by Gasteiger charge is 2.22. The largest absolute Gasteiger partial charge is 0.493 e. The number of carbonyl (C=O) groups excluding carboxylic acids is 1. The van der Waals surface area contributed by atoms with Gasteiger partial charge >= 0.3 is 10.1 Å². The second-order valence-corrected chi connectivity index (χ2v) is 6.72. The van der Waals surface area contributed by atoms with Crippen LogP contribution in [0.3, 0.4) is 0 Å². The van der Waals surface area contributed by atoms with E-state index in [0.717, 1.165) is 5.56 Å². The Hall–Kier alpha value is -2.60. The van der Waals surface area contributed by atoms with Crippen LogP contribution < -0.4 is 8.92 Å². The molecule has 0 saturated heterocycles. The molecule has 2 aromatic rings. The number of ether oxygens (including phenoxy) is 1. The lowest BCUT2D eigenvalue weighted by atomic mass is 10.1. The van der Waals surface area contributed by atoms with Gasteiger partial charge in [0.1, 0.15) is 11.2 Å². The van der Waals surface area contributed by atoms with Gasteiger partial charge in [0.2, 0.25) is 0 Å². The summed E-state index contributed by atoms with van der Waals surface area (Å²) in [5, 5.41) is 0. The highest BCUT2D eigenvalue weighted by Crippen LogP contribution is 2.35. The van der Waals surface area contributed by atoms with Gasteiger partial charge in [-0.25, -0.2) is 0 Å². The van der Waals surface area contributed by atoms with Crippen molar-refractivity contribution in [2.45, 2.75) is 18.2 Å². The van der Waals surface area contributed by atoms with Gasteiger partial charge in [-0.3, -0.25) is 4.79 Å². The first kappa shape index (κ1) is 17.7. The minimum atomic E-state index is -4.03. The van der Waals surface area contributed by atoms with Crippen LogP contribution in [0, 0.1) is 6.92 Å². The van der Waals surface area contributed by atoms with Crippen molar-refractivity contribution in [3.63, 3.8) is 0 Å². The molecule has 0 saturated carbocycles. The van der Waals surface area contributed by atoms with Crippen LogP contribution in [0.1, 0.15) is 21.5 Å². The lowest BCUT2D eigenvalue weighted by molar-refractivity contribution is 0.112. The molecule has 24 heavy (non-hydrogen) atoms. The number of benzene rings is 2. The number of allylic oxidation sites excluding steroid dienone is 1. The van der Waals surface area contributed by atoms with E-state index < -0.39 is 10.1 Å². The molecule has 2 aromatic carbocycles. The first-order chi connectivity index (χ1) is 11.4. The Balaban J connectivity index is 2.52. The summed E-state index contributed by atoms with van der Waals surface area (Å²) in [6.07, 6.45) is 2.58. The molecular weight excluding hydrogens is 328 g/mol. The minimum Gasteiger partial charge on any atom is -0.493 e. The van der Waals surface area contributed by atoms with Gasteiger partial charge in [-0.05, 0) is 37.6 Å². The Bertz CT molecular complexity index is 852. The first-order valence-electron chi connectivity index (χ1n) is 7.19. The first-order valence-corrected chi connectivity index (χ1v) is 8.60. The zero-order valence-corrected chi connectivity index (χ0v) is 14.3. The Morgan fingerprint density at radius 3 is 2.38 bits per heavy atom. The number of methoxy groups -OCH3 is 1. The molecular formula is C18H18O5S. The van der Waals surface area contributed by atoms with Crippen LogP contribution in [0.15, 0.2) is 53.9 Å². The topological polar surface area (TPSA) is 69.7 Å². The molecule has 0 N–H and O–H groups in total. The van der Waals surface area contributed by atoms with E-state index in [4.69, 9.17) is 8.92 Å². The van der Waals surface area contributed by atoms with E-state index in [1.807, 2.05) is 6.92 Å². The number of carbonyl (C=O) groups is 1. The molecule has 6 heteroatoms. The number of aldehydes is 1. The molecule has 0 unspecified atom stereocenters. The molecule has 0 fully saturated rings. The van der Waals surface area contributed by atoms with Crippen LogP contribution in [-0.4, -0.2) is 21.8 Å². The molecule has 126 valence electrons. The van der Waals surface area contributed by atoms with E-state index in [1.165, 1.54) is 25.3 Å². The summed E-state index contributed by atoms with van der Waals surface area (Å²) in [5.41, 5.74) is 1.81. The van der Waals surface area contributed by atoms with Crippen LogP contribution in [-0.2, 0) is 16.5 Å². The van der Waals surface area contributed by atoms with Crippen molar-refractivity contribution in [2.24, 2.45) is 0 Å². The van der Waals surface area contributed by atoms with Gasteiger partial charge in [-0.15, -0.1) is 6.58 Å². The highest BCUT2D eigenvalue weighted by molar-refractivity contribution is 7.87. The highest BCUT2D eigenvalue weighted by atomic mass is 32.2. The number of aryl methyl sites for hydroxylation is 1. The molecule has 0 aromatic heterocycles. The molecule has 0 heterocycles. The van der Waals surface area contributed by atoms with Crippen molar-refractivity contribution in [2.75, 3.05) is 7.11 Å². The van der Waals surface area contributed by atoms with Crippen molar-refractivity contribution in [1.82, 2.24) is 0 Å². The van der Waals surface area contributed by atoms with Crippen molar-refractivity contribution >= 4 is 16.4 Å². The van der Waals surface area contributed by atoms with Crippen LogP contribution in [0.2, 0.25) is 0 Å². The summed E-state index contributed by atoms with van der Waals surface area (Å²) in [7, 11) is -2.64. The van der Waals surface area contributed by atoms with Gasteiger partial charge in [-0.2, -0.15) is 8.42 Å². The zero-order valence-electron chi connectivity index (χ0n) is 13.5. The van der Waals surface area contributed by atoms with Gasteiger partial charge in [0.25, 0.3) is 0 Å². The average Bonchev–Trinajstić information content (AvgIpc) is 2.56. The fraction of sp³-hybridized carbons (Fsp3) is 0.167. The Morgan fingerprint density at radius 2 is 1.83 bits per heavy atom. The second kappa shape index (κ2) is 7.31. The number of hydrogen-bond donors (Lipinski definition) is 0. The average molecular weight is 346 g/mol. The third kappa shape index (κ3) is 3.83. The predicted octanol–water partition coefficient (Wildman–Crippen LogP) is 3.31. The quantitative estimate of drug-likeness (QED) is 0.437. The predicted molar refractivity (Wildman–Crippen MR) is 91.3 cm³/mol. The molecule has 0 atom stereocenters. The molecule has 5 nitrogen and oxygen atoms in total. The van der Waals surface area contributed by atoms with Gasteiger partial charge in [0.15, 0.2) is 11.5 Å². The van der Waals surface area contributed by atoms with Crippen molar-refractivity contribution in [3.05, 3.63) is 65.7 Å². The summed E-state index contributed by atoms with van der Waals surface area (Å²) >= 11 is 0. The summed E-state index contributed by atoms with van der Waals surface area (Å²) < 4.78 is 35.5. The fourth-order valence-electron chi connectivity index (χ4n) is 2.17.